The average Bonchev–Trinajstić information content (AvgIpc) is 3.15. The Hall–Kier alpha value is -1.60. The first-order valence-electron chi connectivity index (χ1n) is 6.45. The molecule has 4 N–H and O–H groups in total. The van der Waals surface area contributed by atoms with E-state index < -0.39 is 10.0 Å². The molecule has 0 spiro atoms. The highest BCUT2D eigenvalue weighted by molar-refractivity contribution is 7.89. The molecule has 0 aliphatic heterocycles. The Morgan fingerprint density at radius 2 is 2.00 bits per heavy atom. The zero-order valence-electron chi connectivity index (χ0n) is 11.6. The fourth-order valence-electron chi connectivity index (χ4n) is 1.88. The second kappa shape index (κ2) is 5.41. The minimum atomic E-state index is -3.74. The summed E-state index contributed by atoms with van der Waals surface area (Å²) in [6.45, 7) is 3.25. The van der Waals surface area contributed by atoms with Crippen LogP contribution in [0.5, 0.6) is 0 Å². The Morgan fingerprint density at radius 3 is 2.60 bits per heavy atom. The van der Waals surface area contributed by atoms with E-state index in [1.165, 1.54) is 6.07 Å². The molecule has 0 unspecified atom stereocenters. The number of nitrogen functional groups attached to an aromatic ring is 1. The van der Waals surface area contributed by atoms with Gasteiger partial charge >= 0.3 is 0 Å². The van der Waals surface area contributed by atoms with Crippen molar-refractivity contribution in [2.75, 3.05) is 12.3 Å². The Balaban J connectivity index is 2.11. The van der Waals surface area contributed by atoms with Gasteiger partial charge in [0.1, 0.15) is 0 Å². The smallest absolute Gasteiger partial charge is 0.241 e. The summed E-state index contributed by atoms with van der Waals surface area (Å²) in [6.07, 6.45) is 1.93. The van der Waals surface area contributed by atoms with Crippen LogP contribution >= 0.6 is 0 Å². The molecule has 1 fully saturated rings. The SMILES string of the molecule is Cc1cc(N)cc(S(=O)(=O)NCC(=O)NC2CC2)c1C. The van der Waals surface area contributed by atoms with Crippen LogP contribution < -0.4 is 15.8 Å². The van der Waals surface area contributed by atoms with Gasteiger partial charge in [0.05, 0.1) is 11.4 Å². The summed E-state index contributed by atoms with van der Waals surface area (Å²) in [7, 11) is -3.74. The first-order valence-corrected chi connectivity index (χ1v) is 7.93. The van der Waals surface area contributed by atoms with Gasteiger partial charge in [-0.1, -0.05) is 0 Å². The second-order valence-electron chi connectivity index (χ2n) is 5.13. The monoisotopic (exact) mass is 297 g/mol. The van der Waals surface area contributed by atoms with Crippen molar-refractivity contribution in [2.24, 2.45) is 0 Å². The Morgan fingerprint density at radius 1 is 1.35 bits per heavy atom. The molecule has 1 saturated carbocycles. The van der Waals surface area contributed by atoms with Crippen LogP contribution in [0.25, 0.3) is 0 Å². The van der Waals surface area contributed by atoms with E-state index in [0.717, 1.165) is 18.4 Å². The number of nitrogens with one attached hydrogen (secondary N) is 2. The highest BCUT2D eigenvalue weighted by Gasteiger charge is 2.24. The fourth-order valence-corrected chi connectivity index (χ4v) is 3.21. The van der Waals surface area contributed by atoms with E-state index in [1.54, 1.807) is 19.9 Å². The molecule has 6 nitrogen and oxygen atoms in total. The predicted molar refractivity (Wildman–Crippen MR) is 76.7 cm³/mol. The summed E-state index contributed by atoms with van der Waals surface area (Å²) < 4.78 is 26.7. The highest BCUT2D eigenvalue weighted by atomic mass is 32.2. The quantitative estimate of drug-likeness (QED) is 0.686. The summed E-state index contributed by atoms with van der Waals surface area (Å²) >= 11 is 0. The molecule has 0 radical (unpaired) electrons. The summed E-state index contributed by atoms with van der Waals surface area (Å²) in [4.78, 5) is 11.6. The van der Waals surface area contributed by atoms with Crippen LogP contribution in [0.15, 0.2) is 17.0 Å². The van der Waals surface area contributed by atoms with Gasteiger partial charge in [0.2, 0.25) is 15.9 Å². The van der Waals surface area contributed by atoms with Crippen molar-refractivity contribution in [1.29, 1.82) is 0 Å². The molecule has 0 bridgehead atoms. The first kappa shape index (κ1) is 14.8. The van der Waals surface area contributed by atoms with E-state index in [0.29, 0.717) is 11.3 Å². The van der Waals surface area contributed by atoms with Crippen molar-refractivity contribution in [3.63, 3.8) is 0 Å². The zero-order chi connectivity index (χ0) is 14.9. The maximum Gasteiger partial charge on any atom is 0.241 e. The van der Waals surface area contributed by atoms with Gasteiger partial charge in [-0.3, -0.25) is 4.79 Å². The third-order valence-corrected chi connectivity index (χ3v) is 4.82. The molecule has 110 valence electrons. The number of anilines is 1. The summed E-state index contributed by atoms with van der Waals surface area (Å²) in [5, 5.41) is 2.72. The van der Waals surface area contributed by atoms with Crippen LogP contribution in [0, 0.1) is 13.8 Å². The van der Waals surface area contributed by atoms with Crippen LogP contribution in [0.1, 0.15) is 24.0 Å². The van der Waals surface area contributed by atoms with Crippen molar-refractivity contribution < 1.29 is 13.2 Å². The standard InChI is InChI=1S/C13H19N3O3S/c1-8-5-10(14)6-12(9(8)2)20(18,19)15-7-13(17)16-11-3-4-11/h5-6,11,15H,3-4,7,14H2,1-2H3,(H,16,17). The molecule has 1 aliphatic carbocycles. The summed E-state index contributed by atoms with van der Waals surface area (Å²) in [5.41, 5.74) is 7.50. The van der Waals surface area contributed by atoms with Crippen molar-refractivity contribution in [3.05, 3.63) is 23.3 Å². The molecule has 20 heavy (non-hydrogen) atoms. The molecule has 0 heterocycles. The number of sulfonamides is 1. The van der Waals surface area contributed by atoms with Crippen molar-refractivity contribution in [1.82, 2.24) is 10.0 Å². The molecule has 1 aromatic carbocycles. The lowest BCUT2D eigenvalue weighted by molar-refractivity contribution is -0.120. The lowest BCUT2D eigenvalue weighted by Gasteiger charge is -2.12. The van der Waals surface area contributed by atoms with Gasteiger partial charge in [0.25, 0.3) is 0 Å². The van der Waals surface area contributed by atoms with E-state index in [-0.39, 0.29) is 23.4 Å². The zero-order valence-corrected chi connectivity index (χ0v) is 12.4. The summed E-state index contributed by atoms with van der Waals surface area (Å²) in [5.74, 6) is -0.311. The lowest BCUT2D eigenvalue weighted by atomic mass is 10.1. The average molecular weight is 297 g/mol. The van der Waals surface area contributed by atoms with Crippen molar-refractivity contribution in [3.8, 4) is 0 Å². The number of carbonyl (C=O) groups excluding carboxylic acids is 1. The Bertz CT molecular complexity index is 637. The number of aryl methyl sites for hydroxylation is 1. The molecule has 1 aromatic rings. The molecule has 0 atom stereocenters. The van der Waals surface area contributed by atoms with E-state index >= 15 is 0 Å². The van der Waals surface area contributed by atoms with Gasteiger partial charge < -0.3 is 11.1 Å². The maximum atomic E-state index is 12.2. The molecule has 0 saturated heterocycles. The molecule has 7 heteroatoms. The van der Waals surface area contributed by atoms with Gasteiger partial charge in [-0.05, 0) is 49.9 Å². The van der Waals surface area contributed by atoms with E-state index in [1.807, 2.05) is 0 Å². The molecule has 2 rings (SSSR count). The molecular formula is C13H19N3O3S. The highest BCUT2D eigenvalue weighted by Crippen LogP contribution is 2.22. The van der Waals surface area contributed by atoms with Crippen LogP contribution in [0.4, 0.5) is 5.69 Å². The Labute approximate surface area is 118 Å². The largest absolute Gasteiger partial charge is 0.399 e. The fraction of sp³-hybridized carbons (Fsp3) is 0.462. The number of benzene rings is 1. The minimum Gasteiger partial charge on any atom is -0.399 e. The normalized spacial score (nSPS) is 15.1. The van der Waals surface area contributed by atoms with Gasteiger partial charge in [-0.25, -0.2) is 13.1 Å². The number of carbonyl (C=O) groups is 1. The molecule has 0 aromatic heterocycles. The third-order valence-electron chi connectivity index (χ3n) is 3.30. The predicted octanol–water partition coefficient (Wildman–Crippen LogP) is 0.443. The second-order valence-corrected chi connectivity index (χ2v) is 6.86. The van der Waals surface area contributed by atoms with Gasteiger partial charge in [0.15, 0.2) is 0 Å². The number of nitrogens with two attached hydrogens (primary N) is 1. The van der Waals surface area contributed by atoms with E-state index in [9.17, 15) is 13.2 Å². The van der Waals surface area contributed by atoms with E-state index in [4.69, 9.17) is 5.73 Å². The Kier molecular flexibility index (Phi) is 4.01. The van der Waals surface area contributed by atoms with Gasteiger partial charge in [-0.15, -0.1) is 0 Å². The van der Waals surface area contributed by atoms with Crippen LogP contribution in [0.2, 0.25) is 0 Å². The minimum absolute atomic E-state index is 0.120. The molecule has 1 amide bonds. The van der Waals surface area contributed by atoms with Gasteiger partial charge in [-0.2, -0.15) is 0 Å². The number of hydrogen-bond donors (Lipinski definition) is 3. The topological polar surface area (TPSA) is 101 Å². The van der Waals surface area contributed by atoms with E-state index in [2.05, 4.69) is 10.0 Å². The lowest BCUT2D eigenvalue weighted by Crippen LogP contribution is -2.38. The van der Waals surface area contributed by atoms with Crippen molar-refractivity contribution in [2.45, 2.75) is 37.6 Å². The van der Waals surface area contributed by atoms with Gasteiger partial charge in [0, 0.05) is 11.7 Å². The molecular weight excluding hydrogens is 278 g/mol. The number of rotatable bonds is 5. The van der Waals surface area contributed by atoms with Crippen LogP contribution in [-0.4, -0.2) is 26.9 Å². The molecule has 1 aliphatic rings. The van der Waals surface area contributed by atoms with Crippen LogP contribution in [-0.2, 0) is 14.8 Å². The number of hydrogen-bond acceptors (Lipinski definition) is 4. The first-order chi connectivity index (χ1) is 9.29. The number of amides is 1. The summed E-state index contributed by atoms with van der Waals surface area (Å²) in [6, 6.07) is 3.33. The van der Waals surface area contributed by atoms with Crippen LogP contribution in [0.3, 0.4) is 0 Å². The third kappa shape index (κ3) is 3.49. The maximum absolute atomic E-state index is 12.2. The van der Waals surface area contributed by atoms with Crippen molar-refractivity contribution >= 4 is 21.6 Å².